The van der Waals surface area contributed by atoms with Gasteiger partial charge in [-0.2, -0.15) is 8.75 Å². The molecule has 0 saturated carbocycles. The van der Waals surface area contributed by atoms with Crippen LogP contribution in [0, 0.1) is 13.8 Å². The van der Waals surface area contributed by atoms with Crippen molar-refractivity contribution in [3.63, 3.8) is 0 Å². The van der Waals surface area contributed by atoms with Crippen molar-refractivity contribution in [1.82, 2.24) is 14.1 Å². The molecule has 1 aliphatic rings. The molecule has 6 nitrogen and oxygen atoms in total. The molecule has 3 rings (SSSR count). The van der Waals surface area contributed by atoms with Crippen molar-refractivity contribution in [3.05, 3.63) is 35.5 Å². The maximum absolute atomic E-state index is 12.1. The summed E-state index contributed by atoms with van der Waals surface area (Å²) < 4.78 is 8.29. The summed E-state index contributed by atoms with van der Waals surface area (Å²) in [5, 5.41) is 5.97. The summed E-state index contributed by atoms with van der Waals surface area (Å²) in [5.74, 6) is 0.938. The third-order valence-electron chi connectivity index (χ3n) is 4.27. The van der Waals surface area contributed by atoms with Crippen molar-refractivity contribution in [2.24, 2.45) is 0 Å². The number of carbonyl (C=O) groups is 1. The maximum Gasteiger partial charge on any atom is 0.319 e. The van der Waals surface area contributed by atoms with Gasteiger partial charge in [-0.1, -0.05) is 6.07 Å². The Morgan fingerprint density at radius 1 is 1.26 bits per heavy atom. The van der Waals surface area contributed by atoms with Gasteiger partial charge in [0, 0.05) is 24.8 Å². The number of aryl methyl sites for hydroxylation is 2. The number of aromatic nitrogens is 2. The quantitative estimate of drug-likeness (QED) is 0.907. The second-order valence-electron chi connectivity index (χ2n) is 5.92. The van der Waals surface area contributed by atoms with Crippen molar-refractivity contribution in [1.29, 1.82) is 0 Å². The van der Waals surface area contributed by atoms with Gasteiger partial charge in [0.05, 0.1) is 17.9 Å². The van der Waals surface area contributed by atoms with Gasteiger partial charge in [0.2, 0.25) is 0 Å². The van der Waals surface area contributed by atoms with Gasteiger partial charge in [-0.05, 0) is 49.9 Å². The van der Waals surface area contributed by atoms with E-state index < -0.39 is 0 Å². The zero-order valence-electron chi connectivity index (χ0n) is 13.4. The molecule has 2 N–H and O–H groups in total. The third kappa shape index (κ3) is 3.98. The van der Waals surface area contributed by atoms with Crippen LogP contribution in [0.4, 0.5) is 16.3 Å². The molecule has 7 heteroatoms. The maximum atomic E-state index is 12.1. The number of carbonyl (C=O) groups excluding carboxylic acids is 1. The van der Waals surface area contributed by atoms with Gasteiger partial charge in [0.1, 0.15) is 0 Å². The molecule has 1 fully saturated rings. The van der Waals surface area contributed by atoms with Gasteiger partial charge in [0.25, 0.3) is 0 Å². The first-order valence-corrected chi connectivity index (χ1v) is 8.52. The van der Waals surface area contributed by atoms with Crippen LogP contribution in [-0.2, 0) is 0 Å². The predicted octanol–water partition coefficient (Wildman–Crippen LogP) is 2.95. The van der Waals surface area contributed by atoms with Gasteiger partial charge in [-0.3, -0.25) is 0 Å². The van der Waals surface area contributed by atoms with Gasteiger partial charge < -0.3 is 15.5 Å². The molecular formula is C16H21N5OS. The molecule has 0 radical (unpaired) electrons. The summed E-state index contributed by atoms with van der Waals surface area (Å²) in [5.41, 5.74) is 3.23. The van der Waals surface area contributed by atoms with E-state index in [1.807, 2.05) is 25.1 Å². The summed E-state index contributed by atoms with van der Waals surface area (Å²) in [6.07, 6.45) is 3.63. The normalized spacial score (nSPS) is 15.5. The molecule has 2 heterocycles. The highest BCUT2D eigenvalue weighted by Gasteiger charge is 2.22. The largest absolute Gasteiger partial charge is 0.354 e. The van der Waals surface area contributed by atoms with Crippen molar-refractivity contribution in [2.75, 3.05) is 23.3 Å². The smallest absolute Gasteiger partial charge is 0.319 e. The molecule has 1 aromatic heterocycles. The van der Waals surface area contributed by atoms with Crippen LogP contribution in [0.2, 0.25) is 0 Å². The third-order valence-corrected chi connectivity index (χ3v) is 4.74. The number of nitrogens with zero attached hydrogens (tertiary/aromatic N) is 3. The van der Waals surface area contributed by atoms with Crippen molar-refractivity contribution in [2.45, 2.75) is 32.7 Å². The number of rotatable bonds is 3. The highest BCUT2D eigenvalue weighted by atomic mass is 32.1. The topological polar surface area (TPSA) is 70.2 Å². The second kappa shape index (κ2) is 6.95. The molecule has 0 atom stereocenters. The number of urea groups is 1. The first kappa shape index (κ1) is 15.7. The fourth-order valence-corrected chi connectivity index (χ4v) is 3.16. The molecule has 0 aliphatic carbocycles. The van der Waals surface area contributed by atoms with E-state index in [2.05, 4.69) is 31.2 Å². The van der Waals surface area contributed by atoms with E-state index in [9.17, 15) is 4.79 Å². The molecule has 23 heavy (non-hydrogen) atoms. The summed E-state index contributed by atoms with van der Waals surface area (Å²) in [7, 11) is 0. The molecule has 0 spiro atoms. The number of piperidine rings is 1. The molecule has 0 unspecified atom stereocenters. The number of amides is 2. The summed E-state index contributed by atoms with van der Waals surface area (Å²) in [4.78, 5) is 14.3. The number of hydrogen-bond acceptors (Lipinski definition) is 5. The van der Waals surface area contributed by atoms with E-state index in [1.54, 1.807) is 6.20 Å². The van der Waals surface area contributed by atoms with Crippen molar-refractivity contribution < 1.29 is 4.79 Å². The Kier molecular flexibility index (Phi) is 4.76. The lowest BCUT2D eigenvalue weighted by Gasteiger charge is -2.32. The van der Waals surface area contributed by atoms with E-state index in [0.717, 1.165) is 37.4 Å². The molecule has 2 amide bonds. The predicted molar refractivity (Wildman–Crippen MR) is 93.2 cm³/mol. The monoisotopic (exact) mass is 331 g/mol. The zero-order chi connectivity index (χ0) is 16.2. The number of benzene rings is 1. The SMILES string of the molecule is Cc1ccc(NC(=O)NC2CCN(c3cnsn3)CC2)cc1C. The zero-order valence-corrected chi connectivity index (χ0v) is 14.2. The van der Waals surface area contributed by atoms with Gasteiger partial charge in [0.15, 0.2) is 5.82 Å². The Morgan fingerprint density at radius 3 is 2.70 bits per heavy atom. The number of anilines is 2. The van der Waals surface area contributed by atoms with Gasteiger partial charge in [-0.25, -0.2) is 4.79 Å². The first-order chi connectivity index (χ1) is 11.1. The van der Waals surface area contributed by atoms with Crippen LogP contribution in [0.1, 0.15) is 24.0 Å². The average Bonchev–Trinajstić information content (AvgIpc) is 3.06. The number of nitrogens with one attached hydrogen (secondary N) is 2. The van der Waals surface area contributed by atoms with Crippen molar-refractivity contribution in [3.8, 4) is 0 Å². The standard InChI is InChI=1S/C16H21N5OS/c1-11-3-4-14(9-12(11)2)19-16(22)18-13-5-7-21(8-6-13)15-10-17-23-20-15/h3-4,9-10,13H,5-8H2,1-2H3,(H2,18,19,22). The van der Waals surface area contributed by atoms with E-state index >= 15 is 0 Å². The summed E-state index contributed by atoms with van der Waals surface area (Å²) in [6, 6.07) is 6.00. The molecule has 0 bridgehead atoms. The Hall–Kier alpha value is -2.15. The lowest BCUT2D eigenvalue weighted by atomic mass is 10.1. The minimum absolute atomic E-state index is 0.137. The number of hydrogen-bond donors (Lipinski definition) is 2. The van der Waals surface area contributed by atoms with E-state index in [4.69, 9.17) is 0 Å². The fraction of sp³-hybridized carbons (Fsp3) is 0.438. The molecule has 122 valence electrons. The summed E-state index contributed by atoms with van der Waals surface area (Å²) in [6.45, 7) is 5.88. The van der Waals surface area contributed by atoms with E-state index in [0.29, 0.717) is 0 Å². The van der Waals surface area contributed by atoms with Crippen LogP contribution in [-0.4, -0.2) is 33.9 Å². The van der Waals surface area contributed by atoms with Crippen LogP contribution in [0.5, 0.6) is 0 Å². The van der Waals surface area contributed by atoms with Crippen LogP contribution in [0.25, 0.3) is 0 Å². The van der Waals surface area contributed by atoms with Gasteiger partial charge in [-0.15, -0.1) is 0 Å². The molecule has 1 aliphatic heterocycles. The van der Waals surface area contributed by atoms with Crippen LogP contribution < -0.4 is 15.5 Å². The fourth-order valence-electron chi connectivity index (χ4n) is 2.72. The van der Waals surface area contributed by atoms with Crippen LogP contribution in [0.3, 0.4) is 0 Å². The molecule has 1 aromatic carbocycles. The molecule has 2 aromatic rings. The Labute approximate surface area is 140 Å². The highest BCUT2D eigenvalue weighted by Crippen LogP contribution is 2.18. The minimum Gasteiger partial charge on any atom is -0.354 e. The molecular weight excluding hydrogens is 310 g/mol. The Morgan fingerprint density at radius 2 is 2.04 bits per heavy atom. The lowest BCUT2D eigenvalue weighted by molar-refractivity contribution is 0.246. The van der Waals surface area contributed by atoms with Gasteiger partial charge >= 0.3 is 6.03 Å². The minimum atomic E-state index is -0.137. The second-order valence-corrected chi connectivity index (χ2v) is 6.48. The average molecular weight is 331 g/mol. The van der Waals surface area contributed by atoms with Crippen LogP contribution >= 0.6 is 11.7 Å². The summed E-state index contributed by atoms with van der Waals surface area (Å²) >= 11 is 1.23. The Bertz CT molecular complexity index is 665. The van der Waals surface area contributed by atoms with Crippen LogP contribution in [0.15, 0.2) is 24.4 Å². The lowest BCUT2D eigenvalue weighted by Crippen LogP contribution is -2.46. The van der Waals surface area contributed by atoms with Crippen molar-refractivity contribution >= 4 is 29.3 Å². The first-order valence-electron chi connectivity index (χ1n) is 7.79. The molecule has 1 saturated heterocycles. The highest BCUT2D eigenvalue weighted by molar-refractivity contribution is 6.99. The van der Waals surface area contributed by atoms with E-state index in [1.165, 1.54) is 22.9 Å². The van der Waals surface area contributed by atoms with E-state index in [-0.39, 0.29) is 12.1 Å². The Balaban J connectivity index is 1.48.